The first-order valence-corrected chi connectivity index (χ1v) is 10.5. The van der Waals surface area contributed by atoms with Crippen molar-refractivity contribution in [1.82, 2.24) is 0 Å². The molecule has 1 unspecified atom stereocenters. The van der Waals surface area contributed by atoms with Gasteiger partial charge < -0.3 is 10.0 Å². The zero-order valence-corrected chi connectivity index (χ0v) is 15.2. The number of nitrogens with zero attached hydrogens (tertiary/aromatic N) is 1. The van der Waals surface area contributed by atoms with Crippen LogP contribution in [0.1, 0.15) is 32.6 Å². The number of amides is 1. The van der Waals surface area contributed by atoms with Gasteiger partial charge in [-0.2, -0.15) is 0 Å². The van der Waals surface area contributed by atoms with Crippen LogP contribution in [0.4, 0.5) is 10.5 Å². The lowest BCUT2D eigenvalue weighted by Gasteiger charge is -2.25. The summed E-state index contributed by atoms with van der Waals surface area (Å²) in [5.41, 5.74) is 0.961. The van der Waals surface area contributed by atoms with Crippen LogP contribution in [-0.4, -0.2) is 34.5 Å². The molecule has 1 aliphatic carbocycles. The number of carbonyl (C=O) groups excluding carboxylic acids is 1. The molecule has 22 heavy (non-hydrogen) atoms. The molecule has 1 aromatic carbocycles. The van der Waals surface area contributed by atoms with Gasteiger partial charge in [0.2, 0.25) is 0 Å². The molecule has 122 valence electrons. The highest BCUT2D eigenvalue weighted by atomic mass is 32.2. The van der Waals surface area contributed by atoms with E-state index < -0.39 is 0 Å². The molecule has 0 radical (unpaired) electrons. The fourth-order valence-electron chi connectivity index (χ4n) is 2.85. The average molecular weight is 340 g/mol. The summed E-state index contributed by atoms with van der Waals surface area (Å²) in [7, 11) is -0.259. The fraction of sp³-hybridized carbons (Fsp3) is 0.529. The average Bonchev–Trinajstić information content (AvgIpc) is 3.04. The second-order valence-electron chi connectivity index (χ2n) is 5.75. The van der Waals surface area contributed by atoms with Gasteiger partial charge in [-0.15, -0.1) is 10.5 Å². The molecule has 0 saturated heterocycles. The van der Waals surface area contributed by atoms with Gasteiger partial charge >= 0.3 is 0 Å². The van der Waals surface area contributed by atoms with Crippen molar-refractivity contribution in [2.75, 3.05) is 24.0 Å². The van der Waals surface area contributed by atoms with Crippen molar-refractivity contribution in [3.05, 3.63) is 24.3 Å². The molecule has 0 aliphatic heterocycles. The quantitative estimate of drug-likeness (QED) is 0.773. The molecule has 0 heterocycles. The Morgan fingerprint density at radius 1 is 1.32 bits per heavy atom. The highest BCUT2D eigenvalue weighted by molar-refractivity contribution is 8.15. The van der Waals surface area contributed by atoms with Crippen LogP contribution in [0.5, 0.6) is 0 Å². The number of thioether (sulfide) groups is 1. The molecule has 1 saturated carbocycles. The number of benzene rings is 1. The molecule has 2 rings (SSSR count). The SMILES string of the molecule is CSC(=O)N(CC1CCCC1)c1ccc(/S(C)=C(\C)O)cc1. The minimum Gasteiger partial charge on any atom is -0.359 e. The Labute approximate surface area is 140 Å². The molecule has 1 N–H and O–H groups in total. The van der Waals surface area contributed by atoms with Crippen LogP contribution in [0.25, 0.3) is 0 Å². The van der Waals surface area contributed by atoms with Gasteiger partial charge in [-0.3, -0.25) is 4.79 Å². The van der Waals surface area contributed by atoms with Crippen LogP contribution in [0.3, 0.4) is 0 Å². The summed E-state index contributed by atoms with van der Waals surface area (Å²) in [6.45, 7) is 2.56. The molecular weight excluding hydrogens is 314 g/mol. The summed E-state index contributed by atoms with van der Waals surface area (Å²) >= 11 is 1.27. The lowest BCUT2D eigenvalue weighted by molar-refractivity contribution is 0.264. The second-order valence-corrected chi connectivity index (χ2v) is 8.59. The Kier molecular flexibility index (Phi) is 6.53. The summed E-state index contributed by atoms with van der Waals surface area (Å²) in [6, 6.07) is 8.05. The van der Waals surface area contributed by atoms with E-state index in [2.05, 4.69) is 0 Å². The Balaban J connectivity index is 2.20. The predicted molar refractivity (Wildman–Crippen MR) is 99.7 cm³/mol. The van der Waals surface area contributed by atoms with Crippen LogP contribution in [0, 0.1) is 5.92 Å². The first-order valence-electron chi connectivity index (χ1n) is 7.67. The molecule has 3 nitrogen and oxygen atoms in total. The van der Waals surface area contributed by atoms with Crippen molar-refractivity contribution in [2.24, 2.45) is 5.92 Å². The van der Waals surface area contributed by atoms with Gasteiger partial charge in [0.05, 0.1) is 5.05 Å². The van der Waals surface area contributed by atoms with Crippen molar-refractivity contribution < 1.29 is 9.90 Å². The standard InChI is InChI=1S/C17H25NO2S2/c1-13(19)22(3)16-10-8-15(9-11-16)18(17(20)21-2)12-14-6-4-5-7-14/h8-11,14,19H,4-7,12H2,1-3H3. The zero-order chi connectivity index (χ0) is 16.1. The maximum absolute atomic E-state index is 12.3. The molecule has 1 aliphatic rings. The highest BCUT2D eigenvalue weighted by Gasteiger charge is 2.22. The lowest BCUT2D eigenvalue weighted by Crippen LogP contribution is -2.31. The van der Waals surface area contributed by atoms with E-state index in [1.54, 1.807) is 6.92 Å². The van der Waals surface area contributed by atoms with Crippen LogP contribution in [-0.2, 0) is 0 Å². The molecule has 0 bridgehead atoms. The van der Waals surface area contributed by atoms with Gasteiger partial charge in [-0.25, -0.2) is 0 Å². The highest BCUT2D eigenvalue weighted by Crippen LogP contribution is 2.31. The Hall–Kier alpha value is -0.780. The fourth-order valence-corrected chi connectivity index (χ4v) is 4.13. The number of rotatable bonds is 4. The monoisotopic (exact) mass is 339 g/mol. The smallest absolute Gasteiger partial charge is 0.285 e. The van der Waals surface area contributed by atoms with E-state index in [1.165, 1.54) is 37.4 Å². The molecule has 1 aromatic rings. The third kappa shape index (κ3) is 4.37. The molecule has 1 amide bonds. The third-order valence-electron chi connectivity index (χ3n) is 4.26. The van der Waals surface area contributed by atoms with Crippen LogP contribution in [0.2, 0.25) is 0 Å². The van der Waals surface area contributed by atoms with Gasteiger partial charge in [0, 0.05) is 17.1 Å². The summed E-state index contributed by atoms with van der Waals surface area (Å²) in [5.74, 6) is 0.629. The maximum atomic E-state index is 12.3. The Morgan fingerprint density at radius 2 is 1.91 bits per heavy atom. The Morgan fingerprint density at radius 3 is 2.41 bits per heavy atom. The number of hydrogen-bond acceptors (Lipinski definition) is 2. The van der Waals surface area contributed by atoms with E-state index in [0.29, 0.717) is 11.0 Å². The maximum Gasteiger partial charge on any atom is 0.285 e. The normalized spacial score (nSPS) is 17.4. The molecule has 1 atom stereocenters. The lowest BCUT2D eigenvalue weighted by atomic mass is 10.1. The molecule has 0 aromatic heterocycles. The van der Waals surface area contributed by atoms with E-state index in [4.69, 9.17) is 0 Å². The van der Waals surface area contributed by atoms with Gasteiger partial charge in [0.25, 0.3) is 5.24 Å². The molecular formula is C17H25NO2S2. The van der Waals surface area contributed by atoms with Gasteiger partial charge in [0.15, 0.2) is 0 Å². The van der Waals surface area contributed by atoms with E-state index in [-0.39, 0.29) is 15.7 Å². The number of aliphatic hydroxyl groups excluding tert-OH is 1. The van der Waals surface area contributed by atoms with E-state index in [9.17, 15) is 9.90 Å². The number of anilines is 1. The predicted octanol–water partition coefficient (Wildman–Crippen LogP) is 5.13. The largest absolute Gasteiger partial charge is 0.359 e. The zero-order valence-electron chi connectivity index (χ0n) is 13.5. The van der Waals surface area contributed by atoms with Crippen LogP contribution in [0.15, 0.2) is 29.2 Å². The number of carbonyl (C=O) groups is 1. The molecule has 1 fully saturated rings. The summed E-state index contributed by atoms with van der Waals surface area (Å²) in [4.78, 5) is 15.3. The number of hydrogen-bond donors (Lipinski definition) is 1. The van der Waals surface area contributed by atoms with Crippen LogP contribution >= 0.6 is 22.2 Å². The van der Waals surface area contributed by atoms with Gasteiger partial charge in [-0.1, -0.05) is 24.6 Å². The first-order chi connectivity index (χ1) is 10.5. The molecule has 0 spiro atoms. The van der Waals surface area contributed by atoms with Crippen molar-refractivity contribution in [3.63, 3.8) is 0 Å². The van der Waals surface area contributed by atoms with E-state index >= 15 is 0 Å². The van der Waals surface area contributed by atoms with Gasteiger partial charge in [-0.05, 0) is 62.5 Å². The van der Waals surface area contributed by atoms with Gasteiger partial charge in [0.1, 0.15) is 0 Å². The van der Waals surface area contributed by atoms with Crippen molar-refractivity contribution in [3.8, 4) is 0 Å². The summed E-state index contributed by atoms with van der Waals surface area (Å²) < 4.78 is 0. The van der Waals surface area contributed by atoms with E-state index in [0.717, 1.165) is 17.1 Å². The minimum absolute atomic E-state index is 0.111. The van der Waals surface area contributed by atoms with Crippen molar-refractivity contribution >= 4 is 38.2 Å². The second kappa shape index (κ2) is 8.18. The van der Waals surface area contributed by atoms with Crippen molar-refractivity contribution in [2.45, 2.75) is 37.5 Å². The first kappa shape index (κ1) is 17.6. The number of aliphatic hydroxyl groups is 1. The topological polar surface area (TPSA) is 40.5 Å². The Bertz CT molecular complexity index is 544. The van der Waals surface area contributed by atoms with E-state index in [1.807, 2.05) is 41.7 Å². The summed E-state index contributed by atoms with van der Waals surface area (Å²) in [5, 5.41) is 10.2. The van der Waals surface area contributed by atoms with Crippen molar-refractivity contribution in [1.29, 1.82) is 0 Å². The summed E-state index contributed by atoms with van der Waals surface area (Å²) in [6.07, 6.45) is 8.88. The minimum atomic E-state index is -0.259. The third-order valence-corrected chi connectivity index (χ3v) is 6.69. The van der Waals surface area contributed by atoms with Crippen LogP contribution < -0.4 is 4.90 Å². The molecule has 5 heteroatoms.